The molecule has 144 valence electrons. The van der Waals surface area contributed by atoms with Gasteiger partial charge < -0.3 is 14.8 Å². The number of hydrogen-bond donors (Lipinski definition) is 1. The number of fused-ring (bicyclic) bond motifs is 1. The van der Waals surface area contributed by atoms with Crippen molar-refractivity contribution in [2.45, 2.75) is 31.2 Å². The number of carbonyl (C=O) groups excluding carboxylic acids is 1. The van der Waals surface area contributed by atoms with Gasteiger partial charge in [-0.15, -0.1) is 5.10 Å². The number of halogens is 2. The lowest BCUT2D eigenvalue weighted by molar-refractivity contribution is -0.136. The van der Waals surface area contributed by atoms with Gasteiger partial charge in [-0.3, -0.25) is 0 Å². The van der Waals surface area contributed by atoms with Crippen molar-refractivity contribution >= 4 is 23.7 Å². The number of nitrogens with one attached hydrogen (secondary N) is 1. The molecule has 0 spiro atoms. The molecule has 1 aliphatic rings. The van der Waals surface area contributed by atoms with E-state index in [4.69, 9.17) is 4.74 Å². The number of allylic oxidation sites excluding steroid dienone is 1. The third-order valence-electron chi connectivity index (χ3n) is 4.09. The first kappa shape index (κ1) is 19.2. The van der Waals surface area contributed by atoms with E-state index in [9.17, 15) is 13.6 Å². The highest BCUT2D eigenvalue weighted by Gasteiger charge is 2.37. The number of aromatic nitrogens is 3. The predicted octanol–water partition coefficient (Wildman–Crippen LogP) is 3.45. The van der Waals surface area contributed by atoms with Gasteiger partial charge in [-0.05, 0) is 18.7 Å². The number of anilines is 1. The van der Waals surface area contributed by atoms with Crippen LogP contribution in [0.1, 0.15) is 24.9 Å². The number of alkyl halides is 2. The van der Waals surface area contributed by atoms with Gasteiger partial charge >= 0.3 is 12.6 Å². The molecule has 0 saturated carbocycles. The zero-order valence-electron chi connectivity index (χ0n) is 14.9. The van der Waals surface area contributed by atoms with E-state index < -0.39 is 18.6 Å². The summed E-state index contributed by atoms with van der Waals surface area (Å²) in [7, 11) is 1.27. The van der Waals surface area contributed by atoms with Crippen LogP contribution < -0.4 is 10.1 Å². The third-order valence-corrected chi connectivity index (χ3v) is 4.63. The number of para-hydroxylation sites is 1. The molecule has 0 amide bonds. The first-order chi connectivity index (χ1) is 13.0. The minimum Gasteiger partial charge on any atom is -0.466 e. The highest BCUT2D eigenvalue weighted by molar-refractivity contribution is 7.98. The summed E-state index contributed by atoms with van der Waals surface area (Å²) in [6.07, 6.45) is 2.31. The predicted molar refractivity (Wildman–Crippen MR) is 96.0 cm³/mol. The zero-order chi connectivity index (χ0) is 19.6. The first-order valence-electron chi connectivity index (χ1n) is 8.12. The van der Waals surface area contributed by atoms with E-state index in [1.54, 1.807) is 18.2 Å². The maximum Gasteiger partial charge on any atom is 0.387 e. The summed E-state index contributed by atoms with van der Waals surface area (Å²) in [6.45, 7) is -1.13. The fourth-order valence-electron chi connectivity index (χ4n) is 2.97. The Morgan fingerprint density at radius 3 is 2.78 bits per heavy atom. The number of nitrogens with zero attached hydrogens (tertiary/aromatic N) is 3. The van der Waals surface area contributed by atoms with Crippen LogP contribution >= 0.6 is 11.8 Å². The Morgan fingerprint density at radius 2 is 2.15 bits per heavy atom. The van der Waals surface area contributed by atoms with Crippen molar-refractivity contribution in [3.8, 4) is 5.75 Å². The normalized spacial score (nSPS) is 16.1. The summed E-state index contributed by atoms with van der Waals surface area (Å²) in [5, 5.41) is 7.98. The minimum absolute atomic E-state index is 0.0385. The lowest BCUT2D eigenvalue weighted by Gasteiger charge is -2.29. The molecule has 0 aliphatic carbocycles. The van der Waals surface area contributed by atoms with Gasteiger partial charge in [0.15, 0.2) is 0 Å². The number of hydrogen-bond acceptors (Lipinski definition) is 7. The molecule has 0 radical (unpaired) electrons. The Morgan fingerprint density at radius 1 is 1.41 bits per heavy atom. The Bertz CT molecular complexity index is 885. The van der Waals surface area contributed by atoms with Crippen molar-refractivity contribution in [2.75, 3.05) is 18.7 Å². The number of ether oxygens (including phenoxy) is 2. The van der Waals surface area contributed by atoms with Gasteiger partial charge in [-0.2, -0.15) is 13.8 Å². The van der Waals surface area contributed by atoms with Crippen molar-refractivity contribution in [1.82, 2.24) is 14.8 Å². The summed E-state index contributed by atoms with van der Waals surface area (Å²) in [5.74, 6) is -0.202. The number of methoxy groups -OCH3 is 1. The van der Waals surface area contributed by atoms with E-state index in [0.29, 0.717) is 28.8 Å². The summed E-state index contributed by atoms with van der Waals surface area (Å²) >= 11 is 1.33. The Hall–Kier alpha value is -2.62. The van der Waals surface area contributed by atoms with Gasteiger partial charge in [-0.1, -0.05) is 36.9 Å². The summed E-state index contributed by atoms with van der Waals surface area (Å²) in [5.41, 5.74) is 1.23. The molecule has 1 aliphatic heterocycles. The van der Waals surface area contributed by atoms with E-state index in [1.807, 2.05) is 13.2 Å². The Labute approximate surface area is 158 Å². The fourth-order valence-corrected chi connectivity index (χ4v) is 3.31. The molecule has 2 heterocycles. The van der Waals surface area contributed by atoms with E-state index in [0.717, 1.165) is 0 Å². The number of rotatable bonds is 6. The average molecular weight is 396 g/mol. The van der Waals surface area contributed by atoms with Crippen LogP contribution in [0.15, 0.2) is 40.7 Å². The van der Waals surface area contributed by atoms with E-state index in [2.05, 4.69) is 20.1 Å². The van der Waals surface area contributed by atoms with Crippen molar-refractivity contribution in [1.29, 1.82) is 0 Å². The molecule has 0 unspecified atom stereocenters. The van der Waals surface area contributed by atoms with Gasteiger partial charge in [0.05, 0.1) is 12.7 Å². The molecule has 1 atom stereocenters. The van der Waals surface area contributed by atoms with Crippen LogP contribution in [0.3, 0.4) is 0 Å². The lowest BCUT2D eigenvalue weighted by Crippen LogP contribution is -2.30. The molecular formula is C17H18F2N4O3S. The zero-order valence-corrected chi connectivity index (χ0v) is 15.7. The quantitative estimate of drug-likeness (QED) is 0.592. The number of benzene rings is 1. The van der Waals surface area contributed by atoms with Crippen molar-refractivity contribution < 1.29 is 23.0 Å². The second kappa shape index (κ2) is 7.95. The van der Waals surface area contributed by atoms with Gasteiger partial charge in [0, 0.05) is 11.3 Å². The molecule has 1 N–H and O–H groups in total. The smallest absolute Gasteiger partial charge is 0.387 e. The van der Waals surface area contributed by atoms with Crippen LogP contribution in [0.5, 0.6) is 5.75 Å². The van der Waals surface area contributed by atoms with Gasteiger partial charge in [0.25, 0.3) is 0 Å². The maximum atomic E-state index is 12.9. The standard InChI is InChI=1S/C17H18F2N4O3S/c1-4-10-12(14(24)25-2)13(23-16(20-10)21-17(22-23)27-3)9-7-5-6-8-11(9)26-15(18)19/h5-8,13,15H,4H2,1-3H3,(H,20,21,22)/t13-/m1/s1. The van der Waals surface area contributed by atoms with Crippen molar-refractivity contribution in [2.24, 2.45) is 0 Å². The van der Waals surface area contributed by atoms with Gasteiger partial charge in [0.2, 0.25) is 11.1 Å². The Kier molecular flexibility index (Phi) is 5.64. The van der Waals surface area contributed by atoms with Gasteiger partial charge in [-0.25, -0.2) is 9.48 Å². The molecule has 10 heteroatoms. The molecule has 27 heavy (non-hydrogen) atoms. The van der Waals surface area contributed by atoms with Crippen LogP contribution in [0, 0.1) is 0 Å². The van der Waals surface area contributed by atoms with Crippen LogP contribution in [0.4, 0.5) is 14.7 Å². The Balaban J connectivity index is 2.24. The van der Waals surface area contributed by atoms with Crippen LogP contribution in [-0.2, 0) is 9.53 Å². The number of carbonyl (C=O) groups is 1. The minimum atomic E-state index is -3.00. The second-order valence-electron chi connectivity index (χ2n) is 5.55. The topological polar surface area (TPSA) is 78.3 Å². The molecule has 0 saturated heterocycles. The highest BCUT2D eigenvalue weighted by atomic mass is 32.2. The molecular weight excluding hydrogens is 378 g/mol. The lowest BCUT2D eigenvalue weighted by atomic mass is 9.94. The number of esters is 1. The van der Waals surface area contributed by atoms with Crippen LogP contribution in [-0.4, -0.2) is 40.7 Å². The van der Waals surface area contributed by atoms with E-state index in [1.165, 1.54) is 29.6 Å². The fraction of sp³-hybridized carbons (Fsp3) is 0.353. The maximum absolute atomic E-state index is 12.9. The molecule has 1 aromatic heterocycles. The van der Waals surface area contributed by atoms with Crippen molar-refractivity contribution in [3.63, 3.8) is 0 Å². The van der Waals surface area contributed by atoms with Crippen LogP contribution in [0.2, 0.25) is 0 Å². The average Bonchev–Trinajstić information content (AvgIpc) is 3.09. The SMILES string of the molecule is CCC1=C(C(=O)OC)[C@@H](c2ccccc2OC(F)F)n2nc(SC)nc2N1. The monoisotopic (exact) mass is 396 g/mol. The molecule has 0 fully saturated rings. The summed E-state index contributed by atoms with van der Waals surface area (Å²) in [6, 6.07) is 5.50. The molecule has 2 aromatic rings. The van der Waals surface area contributed by atoms with Crippen LogP contribution in [0.25, 0.3) is 0 Å². The summed E-state index contributed by atoms with van der Waals surface area (Å²) < 4.78 is 36.9. The van der Waals surface area contributed by atoms with E-state index in [-0.39, 0.29) is 11.3 Å². The van der Waals surface area contributed by atoms with Crippen molar-refractivity contribution in [3.05, 3.63) is 41.1 Å². The number of thioether (sulfide) groups is 1. The molecule has 3 rings (SSSR count). The second-order valence-corrected chi connectivity index (χ2v) is 6.32. The highest BCUT2D eigenvalue weighted by Crippen LogP contribution is 2.41. The van der Waals surface area contributed by atoms with Gasteiger partial charge in [0.1, 0.15) is 11.8 Å². The molecule has 0 bridgehead atoms. The largest absolute Gasteiger partial charge is 0.466 e. The summed E-state index contributed by atoms with van der Waals surface area (Å²) in [4.78, 5) is 16.9. The first-order valence-corrected chi connectivity index (χ1v) is 9.35. The molecule has 7 nitrogen and oxygen atoms in total. The van der Waals surface area contributed by atoms with E-state index >= 15 is 0 Å². The molecule has 1 aromatic carbocycles. The third kappa shape index (κ3) is 3.61.